The van der Waals surface area contributed by atoms with Gasteiger partial charge in [0.2, 0.25) is 0 Å². The van der Waals surface area contributed by atoms with Crippen LogP contribution in [-0.4, -0.2) is 12.4 Å². The number of rotatable bonds is 8. The average molecular weight is 347 g/mol. The van der Waals surface area contributed by atoms with Gasteiger partial charge < -0.3 is 4.90 Å². The van der Waals surface area contributed by atoms with Crippen LogP contribution in [0.25, 0.3) is 0 Å². The van der Waals surface area contributed by atoms with E-state index >= 15 is 0 Å². The Morgan fingerprint density at radius 2 is 2.05 bits per heavy atom. The van der Waals surface area contributed by atoms with Gasteiger partial charge in [-0.25, -0.2) is 0 Å². The van der Waals surface area contributed by atoms with Crippen molar-refractivity contribution >= 4 is 21.6 Å². The van der Waals surface area contributed by atoms with Crippen LogP contribution in [0.1, 0.15) is 26.2 Å². The minimum absolute atomic E-state index is 0.315. The molecule has 0 aliphatic rings. The second kappa shape index (κ2) is 10.2. The largest absolute Gasteiger partial charge is 0.336 e. The van der Waals surface area contributed by atoms with Gasteiger partial charge in [0.25, 0.3) is 0 Å². The van der Waals surface area contributed by atoms with Gasteiger partial charge in [-0.3, -0.25) is 0 Å². The van der Waals surface area contributed by atoms with Crippen LogP contribution in [0.5, 0.6) is 0 Å². The molecule has 0 aliphatic carbocycles. The highest BCUT2D eigenvalue weighted by molar-refractivity contribution is 9.09. The van der Waals surface area contributed by atoms with Gasteiger partial charge in [0.05, 0.1) is 0 Å². The van der Waals surface area contributed by atoms with Crippen LogP contribution in [0.2, 0.25) is 0 Å². The summed E-state index contributed by atoms with van der Waals surface area (Å²) in [5.41, 5.74) is 1.73. The third kappa shape index (κ3) is 6.18. The molecular formula is C18H23BrN2. The number of para-hydroxylation sites is 1. The van der Waals surface area contributed by atoms with Crippen molar-refractivity contribution in [2.24, 2.45) is 5.92 Å². The van der Waals surface area contributed by atoms with E-state index in [0.717, 1.165) is 30.3 Å². The highest BCUT2D eigenvalue weighted by Crippen LogP contribution is 2.20. The Labute approximate surface area is 136 Å². The Morgan fingerprint density at radius 1 is 1.33 bits per heavy atom. The number of nitriles is 1. The Bertz CT molecular complexity index is 500. The van der Waals surface area contributed by atoms with E-state index < -0.39 is 0 Å². The summed E-state index contributed by atoms with van der Waals surface area (Å²) in [5.74, 6) is 0.315. The van der Waals surface area contributed by atoms with Gasteiger partial charge in [0.1, 0.15) is 11.8 Å². The van der Waals surface area contributed by atoms with Crippen molar-refractivity contribution in [3.63, 3.8) is 0 Å². The van der Waals surface area contributed by atoms with Gasteiger partial charge >= 0.3 is 0 Å². The summed E-state index contributed by atoms with van der Waals surface area (Å²) in [6, 6.07) is 12.3. The molecule has 2 nitrogen and oxygen atoms in total. The maximum Gasteiger partial charge on any atom is 0.117 e. The number of hydrogen-bond donors (Lipinski definition) is 0. The molecule has 0 saturated heterocycles. The summed E-state index contributed by atoms with van der Waals surface area (Å²) in [7, 11) is 1.94. The number of allylic oxidation sites excluding steroid dienone is 4. The Balaban J connectivity index is 2.86. The predicted molar refractivity (Wildman–Crippen MR) is 94.5 cm³/mol. The van der Waals surface area contributed by atoms with E-state index in [4.69, 9.17) is 0 Å². The highest BCUT2D eigenvalue weighted by atomic mass is 79.9. The molecule has 3 heteroatoms. The minimum atomic E-state index is 0.315. The van der Waals surface area contributed by atoms with Crippen LogP contribution in [0, 0.1) is 17.2 Å². The summed E-state index contributed by atoms with van der Waals surface area (Å²) < 4.78 is 0. The zero-order chi connectivity index (χ0) is 15.5. The minimum Gasteiger partial charge on any atom is -0.336 e. The smallest absolute Gasteiger partial charge is 0.117 e. The lowest BCUT2D eigenvalue weighted by Crippen LogP contribution is -2.16. The van der Waals surface area contributed by atoms with E-state index in [0.29, 0.717) is 11.6 Å². The van der Waals surface area contributed by atoms with Gasteiger partial charge in [0.15, 0.2) is 0 Å². The lowest BCUT2D eigenvalue weighted by Gasteiger charge is -2.19. The second-order valence-electron chi connectivity index (χ2n) is 4.93. The van der Waals surface area contributed by atoms with Crippen molar-refractivity contribution in [2.45, 2.75) is 26.2 Å². The van der Waals surface area contributed by atoms with E-state index in [9.17, 15) is 5.26 Å². The quantitative estimate of drug-likeness (QED) is 0.277. The molecule has 0 spiro atoms. The number of alkyl halides is 1. The van der Waals surface area contributed by atoms with Gasteiger partial charge in [-0.15, -0.1) is 0 Å². The zero-order valence-corrected chi connectivity index (χ0v) is 14.4. The van der Waals surface area contributed by atoms with E-state index in [1.54, 1.807) is 0 Å². The molecule has 21 heavy (non-hydrogen) atoms. The molecule has 1 rings (SSSR count). The van der Waals surface area contributed by atoms with Gasteiger partial charge in [-0.2, -0.15) is 5.26 Å². The molecule has 1 atom stereocenters. The van der Waals surface area contributed by atoms with Crippen LogP contribution >= 0.6 is 15.9 Å². The van der Waals surface area contributed by atoms with Crippen molar-refractivity contribution in [1.29, 1.82) is 5.26 Å². The topological polar surface area (TPSA) is 27.0 Å². The normalized spacial score (nSPS) is 13.1. The molecule has 0 radical (unpaired) electrons. The zero-order valence-electron chi connectivity index (χ0n) is 12.8. The third-order valence-corrected chi connectivity index (χ3v) is 3.91. The molecule has 0 fully saturated rings. The SMILES string of the molecule is C/C=C/C(/C=C(\C#N)N(C)c1ccccc1)CCCCBr. The Hall–Kier alpha value is -1.53. The molecule has 0 N–H and O–H groups in total. The van der Waals surface area contributed by atoms with Crippen LogP contribution < -0.4 is 4.90 Å². The molecule has 1 unspecified atom stereocenters. The molecular weight excluding hydrogens is 324 g/mol. The van der Waals surface area contributed by atoms with Crippen molar-refractivity contribution in [3.8, 4) is 6.07 Å². The monoisotopic (exact) mass is 346 g/mol. The van der Waals surface area contributed by atoms with Crippen LogP contribution in [-0.2, 0) is 0 Å². The first-order chi connectivity index (χ1) is 10.2. The van der Waals surface area contributed by atoms with E-state index in [2.05, 4.69) is 40.2 Å². The van der Waals surface area contributed by atoms with Crippen molar-refractivity contribution in [1.82, 2.24) is 0 Å². The summed E-state index contributed by atoms with van der Waals surface area (Å²) in [5, 5.41) is 10.5. The van der Waals surface area contributed by atoms with Crippen molar-refractivity contribution in [3.05, 3.63) is 54.3 Å². The van der Waals surface area contributed by atoms with Crippen molar-refractivity contribution in [2.75, 3.05) is 17.3 Å². The van der Waals surface area contributed by atoms with E-state index in [-0.39, 0.29) is 0 Å². The average Bonchev–Trinajstić information content (AvgIpc) is 2.53. The van der Waals surface area contributed by atoms with Crippen LogP contribution in [0.4, 0.5) is 5.69 Å². The van der Waals surface area contributed by atoms with E-state index in [1.807, 2.05) is 49.2 Å². The summed E-state index contributed by atoms with van der Waals surface area (Å²) >= 11 is 3.46. The fourth-order valence-corrected chi connectivity index (χ4v) is 2.57. The summed E-state index contributed by atoms with van der Waals surface area (Å²) in [6.45, 7) is 2.03. The first-order valence-corrected chi connectivity index (χ1v) is 8.44. The summed E-state index contributed by atoms with van der Waals surface area (Å²) in [4.78, 5) is 1.95. The predicted octanol–water partition coefficient (Wildman–Crippen LogP) is 5.29. The maximum atomic E-state index is 9.45. The number of benzene rings is 1. The summed E-state index contributed by atoms with van der Waals surface area (Å²) in [6.07, 6.45) is 9.70. The number of halogens is 1. The lowest BCUT2D eigenvalue weighted by molar-refractivity contribution is 0.643. The molecule has 0 bridgehead atoms. The third-order valence-electron chi connectivity index (χ3n) is 3.35. The van der Waals surface area contributed by atoms with Crippen LogP contribution in [0.15, 0.2) is 54.3 Å². The first-order valence-electron chi connectivity index (χ1n) is 7.32. The fraction of sp³-hybridized carbons (Fsp3) is 0.389. The maximum absolute atomic E-state index is 9.45. The second-order valence-corrected chi connectivity index (χ2v) is 5.73. The molecule has 0 aliphatic heterocycles. The van der Waals surface area contributed by atoms with Crippen molar-refractivity contribution < 1.29 is 0 Å². The molecule has 112 valence electrons. The van der Waals surface area contributed by atoms with Crippen LogP contribution in [0.3, 0.4) is 0 Å². The molecule has 0 heterocycles. The molecule has 1 aromatic rings. The van der Waals surface area contributed by atoms with E-state index in [1.165, 1.54) is 0 Å². The first kappa shape index (κ1) is 17.5. The van der Waals surface area contributed by atoms with Gasteiger partial charge in [-0.05, 0) is 43.9 Å². The standard InChI is InChI=1S/C18H23BrN2/c1-3-9-16(10-7-8-13-19)14-18(15-20)21(2)17-11-5-4-6-12-17/h3-6,9,11-12,14,16H,7-8,10,13H2,1-2H3/b9-3+,18-14+. The highest BCUT2D eigenvalue weighted by Gasteiger charge is 2.09. The number of anilines is 1. The fourth-order valence-electron chi connectivity index (χ4n) is 2.17. The Kier molecular flexibility index (Phi) is 8.54. The number of nitrogens with zero attached hydrogens (tertiary/aromatic N) is 2. The molecule has 0 amide bonds. The molecule has 0 saturated carbocycles. The van der Waals surface area contributed by atoms with Gasteiger partial charge in [-0.1, -0.05) is 52.7 Å². The number of hydrogen-bond acceptors (Lipinski definition) is 2. The lowest BCUT2D eigenvalue weighted by atomic mass is 10.00. The molecule has 1 aromatic carbocycles. The van der Waals surface area contributed by atoms with Gasteiger partial charge in [0, 0.05) is 18.1 Å². The molecule has 0 aromatic heterocycles. The Morgan fingerprint density at radius 3 is 2.62 bits per heavy atom. The number of unbranched alkanes of at least 4 members (excludes halogenated alkanes) is 1.